The molecular weight excluding hydrogens is 302 g/mol. The van der Waals surface area contributed by atoms with E-state index >= 15 is 0 Å². The van der Waals surface area contributed by atoms with Crippen molar-refractivity contribution in [3.63, 3.8) is 0 Å². The van der Waals surface area contributed by atoms with Crippen LogP contribution in [0.4, 0.5) is 5.13 Å². The molecule has 0 aliphatic carbocycles. The summed E-state index contributed by atoms with van der Waals surface area (Å²) >= 11 is 1.34. The summed E-state index contributed by atoms with van der Waals surface area (Å²) in [5.41, 5.74) is 0.186. The molecule has 6 nitrogen and oxygen atoms in total. The highest BCUT2D eigenvalue weighted by Crippen LogP contribution is 2.27. The standard InChI is InChI=1S/C15H19N3O3S/c1-9(19)16-7-10-5-6-12(21-10)11-8-22-14(17-11)18-13(20)15(2,3)4/h5-6,8H,7H2,1-4H3,(H,16,19)(H,17,18,20). The molecule has 0 aromatic carbocycles. The smallest absolute Gasteiger partial charge is 0.231 e. The van der Waals surface area contributed by atoms with Crippen LogP contribution in [0.1, 0.15) is 33.5 Å². The van der Waals surface area contributed by atoms with E-state index in [0.29, 0.717) is 28.9 Å². The van der Waals surface area contributed by atoms with Crippen molar-refractivity contribution in [1.82, 2.24) is 10.3 Å². The lowest BCUT2D eigenvalue weighted by atomic mass is 9.96. The summed E-state index contributed by atoms with van der Waals surface area (Å²) in [6.07, 6.45) is 0. The molecule has 118 valence electrons. The van der Waals surface area contributed by atoms with Crippen LogP contribution in [0.5, 0.6) is 0 Å². The minimum absolute atomic E-state index is 0.0841. The van der Waals surface area contributed by atoms with Crippen LogP contribution < -0.4 is 10.6 Å². The first-order valence-electron chi connectivity index (χ1n) is 6.86. The molecule has 2 amide bonds. The van der Waals surface area contributed by atoms with Crippen molar-refractivity contribution in [1.29, 1.82) is 0 Å². The van der Waals surface area contributed by atoms with Crippen molar-refractivity contribution in [2.24, 2.45) is 5.41 Å². The van der Waals surface area contributed by atoms with Crippen molar-refractivity contribution in [2.45, 2.75) is 34.2 Å². The number of nitrogens with zero attached hydrogens (tertiary/aromatic N) is 1. The summed E-state index contributed by atoms with van der Waals surface area (Å²) in [7, 11) is 0. The quantitative estimate of drug-likeness (QED) is 0.906. The van der Waals surface area contributed by atoms with E-state index in [-0.39, 0.29) is 11.8 Å². The number of amides is 2. The fourth-order valence-corrected chi connectivity index (χ4v) is 2.25. The number of thiazole rings is 1. The Hall–Kier alpha value is -2.15. The van der Waals surface area contributed by atoms with Gasteiger partial charge in [0.1, 0.15) is 11.5 Å². The first kappa shape index (κ1) is 16.2. The number of nitrogens with one attached hydrogen (secondary N) is 2. The van der Waals surface area contributed by atoms with Crippen LogP contribution >= 0.6 is 11.3 Å². The molecule has 2 rings (SSSR count). The number of carbonyl (C=O) groups is 2. The number of rotatable bonds is 4. The second kappa shape index (κ2) is 6.31. The Bertz CT molecular complexity index is 682. The minimum Gasteiger partial charge on any atom is -0.458 e. The SMILES string of the molecule is CC(=O)NCc1ccc(-c2csc(NC(=O)C(C)(C)C)n2)o1. The molecule has 2 aromatic heterocycles. The maximum atomic E-state index is 11.9. The Morgan fingerprint density at radius 3 is 2.68 bits per heavy atom. The van der Waals surface area contributed by atoms with E-state index in [1.165, 1.54) is 18.3 Å². The molecule has 0 aliphatic heterocycles. The molecule has 2 aromatic rings. The van der Waals surface area contributed by atoms with Crippen LogP contribution in [0.2, 0.25) is 0 Å². The maximum absolute atomic E-state index is 11.9. The number of hydrogen-bond acceptors (Lipinski definition) is 5. The predicted molar refractivity (Wildman–Crippen MR) is 85.4 cm³/mol. The topological polar surface area (TPSA) is 84.2 Å². The molecule has 0 saturated carbocycles. The molecule has 0 atom stereocenters. The van der Waals surface area contributed by atoms with Crippen molar-refractivity contribution >= 4 is 28.3 Å². The van der Waals surface area contributed by atoms with Crippen molar-refractivity contribution in [2.75, 3.05) is 5.32 Å². The molecular formula is C15H19N3O3S. The third-order valence-electron chi connectivity index (χ3n) is 2.83. The zero-order valence-electron chi connectivity index (χ0n) is 13.0. The van der Waals surface area contributed by atoms with E-state index in [0.717, 1.165) is 0 Å². The van der Waals surface area contributed by atoms with Gasteiger partial charge in [0.15, 0.2) is 10.9 Å². The normalized spacial score (nSPS) is 11.3. The van der Waals surface area contributed by atoms with Gasteiger partial charge in [0.05, 0.1) is 6.54 Å². The molecule has 0 radical (unpaired) electrons. The molecule has 2 N–H and O–H groups in total. The highest BCUT2D eigenvalue weighted by molar-refractivity contribution is 7.14. The molecule has 2 heterocycles. The Kier molecular flexibility index (Phi) is 4.65. The van der Waals surface area contributed by atoms with Gasteiger partial charge >= 0.3 is 0 Å². The lowest BCUT2D eigenvalue weighted by Gasteiger charge is -2.15. The Morgan fingerprint density at radius 1 is 1.32 bits per heavy atom. The summed E-state index contributed by atoms with van der Waals surface area (Å²) in [5, 5.41) is 7.81. The van der Waals surface area contributed by atoms with E-state index in [1.54, 1.807) is 12.1 Å². The van der Waals surface area contributed by atoms with Gasteiger partial charge in [0.2, 0.25) is 11.8 Å². The number of carbonyl (C=O) groups excluding carboxylic acids is 2. The molecule has 0 fully saturated rings. The highest BCUT2D eigenvalue weighted by atomic mass is 32.1. The van der Waals surface area contributed by atoms with Crippen LogP contribution in [0.25, 0.3) is 11.5 Å². The molecule has 7 heteroatoms. The summed E-state index contributed by atoms with van der Waals surface area (Å²) < 4.78 is 5.62. The molecule has 0 spiro atoms. The van der Waals surface area contributed by atoms with Gasteiger partial charge in [-0.1, -0.05) is 20.8 Å². The first-order valence-corrected chi connectivity index (χ1v) is 7.74. The summed E-state index contributed by atoms with van der Waals surface area (Å²) in [6.45, 7) is 7.33. The van der Waals surface area contributed by atoms with E-state index in [4.69, 9.17) is 4.42 Å². The van der Waals surface area contributed by atoms with E-state index < -0.39 is 5.41 Å². The van der Waals surface area contributed by atoms with Crippen LogP contribution in [0, 0.1) is 5.41 Å². The number of anilines is 1. The lowest BCUT2D eigenvalue weighted by molar-refractivity contribution is -0.123. The van der Waals surface area contributed by atoms with Gasteiger partial charge in [-0.2, -0.15) is 0 Å². The zero-order chi connectivity index (χ0) is 16.3. The zero-order valence-corrected chi connectivity index (χ0v) is 13.8. The van der Waals surface area contributed by atoms with Gasteiger partial charge in [0.25, 0.3) is 0 Å². The molecule has 22 heavy (non-hydrogen) atoms. The fourth-order valence-electron chi connectivity index (χ4n) is 1.55. The average molecular weight is 321 g/mol. The second-order valence-electron chi connectivity index (χ2n) is 5.92. The second-order valence-corrected chi connectivity index (χ2v) is 6.78. The predicted octanol–water partition coefficient (Wildman–Crippen LogP) is 3.02. The van der Waals surface area contributed by atoms with Gasteiger partial charge in [-0.3, -0.25) is 9.59 Å². The van der Waals surface area contributed by atoms with E-state index in [1.807, 2.05) is 26.2 Å². The van der Waals surface area contributed by atoms with Gasteiger partial charge < -0.3 is 15.1 Å². The summed E-state index contributed by atoms with van der Waals surface area (Å²) in [5.74, 6) is 1.06. The number of aromatic nitrogens is 1. The summed E-state index contributed by atoms with van der Waals surface area (Å²) in [6, 6.07) is 3.58. The third kappa shape index (κ3) is 4.17. The number of hydrogen-bond donors (Lipinski definition) is 2. The Morgan fingerprint density at radius 2 is 2.05 bits per heavy atom. The Labute approximate surface area is 132 Å². The molecule has 0 bridgehead atoms. The third-order valence-corrected chi connectivity index (χ3v) is 3.59. The number of furan rings is 1. The van der Waals surface area contributed by atoms with E-state index in [9.17, 15) is 9.59 Å². The van der Waals surface area contributed by atoms with Gasteiger partial charge in [-0.25, -0.2) is 4.98 Å². The first-order chi connectivity index (χ1) is 10.3. The molecule has 0 saturated heterocycles. The van der Waals surface area contributed by atoms with Crippen LogP contribution in [0.3, 0.4) is 0 Å². The van der Waals surface area contributed by atoms with Crippen LogP contribution in [0.15, 0.2) is 21.9 Å². The largest absolute Gasteiger partial charge is 0.458 e. The van der Waals surface area contributed by atoms with Gasteiger partial charge in [0, 0.05) is 17.7 Å². The van der Waals surface area contributed by atoms with Gasteiger partial charge in [-0.15, -0.1) is 11.3 Å². The Balaban J connectivity index is 2.05. The van der Waals surface area contributed by atoms with Crippen molar-refractivity contribution in [3.05, 3.63) is 23.3 Å². The van der Waals surface area contributed by atoms with E-state index in [2.05, 4.69) is 15.6 Å². The fraction of sp³-hybridized carbons (Fsp3) is 0.400. The van der Waals surface area contributed by atoms with Crippen molar-refractivity contribution in [3.8, 4) is 11.5 Å². The van der Waals surface area contributed by atoms with Crippen molar-refractivity contribution < 1.29 is 14.0 Å². The monoisotopic (exact) mass is 321 g/mol. The molecule has 0 unspecified atom stereocenters. The minimum atomic E-state index is -0.470. The lowest BCUT2D eigenvalue weighted by Crippen LogP contribution is -2.27. The summed E-state index contributed by atoms with van der Waals surface area (Å²) in [4.78, 5) is 27.2. The molecule has 0 aliphatic rings. The van der Waals surface area contributed by atoms with Crippen LogP contribution in [-0.4, -0.2) is 16.8 Å². The maximum Gasteiger partial charge on any atom is 0.231 e. The highest BCUT2D eigenvalue weighted by Gasteiger charge is 2.22. The van der Waals surface area contributed by atoms with Crippen LogP contribution in [-0.2, 0) is 16.1 Å². The van der Waals surface area contributed by atoms with Gasteiger partial charge in [-0.05, 0) is 12.1 Å². The average Bonchev–Trinajstić information content (AvgIpc) is 3.03.